The standard InChI is InChI=1S/C21H17N7O2/c1-30-11-13-3-2-4-17-18(13)26-21(25-17)19-16-6-15(10-23-20(16)28-27-19)14-5-12(8-24-29)7-22-9-14/h2-10,29H,11H2,1H3,(H,25,26)(H,23,27,28)/b24-8+. The zero-order chi connectivity index (χ0) is 20.5. The molecule has 0 aliphatic carbocycles. The smallest absolute Gasteiger partial charge is 0.181 e. The second kappa shape index (κ2) is 7.37. The summed E-state index contributed by atoms with van der Waals surface area (Å²) in [6.07, 6.45) is 6.41. The summed E-state index contributed by atoms with van der Waals surface area (Å²) in [5.74, 6) is 0.675. The molecule has 5 aromatic rings. The van der Waals surface area contributed by atoms with Crippen LogP contribution < -0.4 is 0 Å². The molecule has 0 unspecified atom stereocenters. The second-order valence-corrected chi connectivity index (χ2v) is 6.78. The Morgan fingerprint density at radius 2 is 2.07 bits per heavy atom. The molecule has 9 nitrogen and oxygen atoms in total. The molecule has 0 spiro atoms. The number of benzene rings is 1. The van der Waals surface area contributed by atoms with Crippen LogP contribution in [0.2, 0.25) is 0 Å². The number of methoxy groups -OCH3 is 1. The number of para-hydroxylation sites is 1. The maximum absolute atomic E-state index is 8.77. The topological polar surface area (TPSA) is 125 Å². The summed E-state index contributed by atoms with van der Waals surface area (Å²) in [6.45, 7) is 0.484. The van der Waals surface area contributed by atoms with Gasteiger partial charge in [0.05, 0.1) is 29.2 Å². The lowest BCUT2D eigenvalue weighted by molar-refractivity contribution is 0.186. The zero-order valence-electron chi connectivity index (χ0n) is 16.0. The van der Waals surface area contributed by atoms with Gasteiger partial charge in [-0.25, -0.2) is 9.97 Å². The number of hydrogen-bond acceptors (Lipinski definition) is 7. The Balaban J connectivity index is 1.63. The molecule has 3 N–H and O–H groups in total. The van der Waals surface area contributed by atoms with Crippen LogP contribution in [-0.4, -0.2) is 48.7 Å². The molecule has 148 valence electrons. The molecule has 0 radical (unpaired) electrons. The van der Waals surface area contributed by atoms with Crippen molar-refractivity contribution in [3.8, 4) is 22.6 Å². The van der Waals surface area contributed by atoms with Gasteiger partial charge in [-0.2, -0.15) is 5.10 Å². The number of fused-ring (bicyclic) bond motifs is 2. The molecule has 0 bridgehead atoms. The fourth-order valence-corrected chi connectivity index (χ4v) is 3.47. The number of imidazole rings is 1. The van der Waals surface area contributed by atoms with E-state index < -0.39 is 0 Å². The molecule has 0 amide bonds. The van der Waals surface area contributed by atoms with Crippen molar-refractivity contribution < 1.29 is 9.94 Å². The van der Waals surface area contributed by atoms with Crippen LogP contribution in [0.3, 0.4) is 0 Å². The Morgan fingerprint density at radius 1 is 1.17 bits per heavy atom. The van der Waals surface area contributed by atoms with Crippen LogP contribution in [0.1, 0.15) is 11.1 Å². The lowest BCUT2D eigenvalue weighted by Gasteiger charge is -2.02. The highest BCUT2D eigenvalue weighted by Gasteiger charge is 2.15. The van der Waals surface area contributed by atoms with Gasteiger partial charge < -0.3 is 14.9 Å². The SMILES string of the molecule is COCc1cccc2[nH]c(-c3[nH]nc4ncc(-c5cncc(/C=N/O)c5)cc34)nc12. The summed E-state index contributed by atoms with van der Waals surface area (Å²) < 4.78 is 5.28. The van der Waals surface area contributed by atoms with Gasteiger partial charge in [0.2, 0.25) is 0 Å². The van der Waals surface area contributed by atoms with Gasteiger partial charge in [0, 0.05) is 48.0 Å². The lowest BCUT2D eigenvalue weighted by atomic mass is 10.1. The van der Waals surface area contributed by atoms with E-state index in [1.807, 2.05) is 30.3 Å². The van der Waals surface area contributed by atoms with Gasteiger partial charge >= 0.3 is 0 Å². The summed E-state index contributed by atoms with van der Waals surface area (Å²) in [4.78, 5) is 16.8. The van der Waals surface area contributed by atoms with Crippen LogP contribution in [0.4, 0.5) is 0 Å². The maximum Gasteiger partial charge on any atom is 0.181 e. The third-order valence-corrected chi connectivity index (χ3v) is 4.84. The van der Waals surface area contributed by atoms with E-state index in [2.05, 4.69) is 30.3 Å². The first-order chi connectivity index (χ1) is 14.8. The third-order valence-electron chi connectivity index (χ3n) is 4.84. The monoisotopic (exact) mass is 399 g/mol. The molecule has 0 saturated carbocycles. The van der Waals surface area contributed by atoms with Crippen molar-refractivity contribution in [2.24, 2.45) is 5.16 Å². The Bertz CT molecular complexity index is 1390. The molecule has 0 fully saturated rings. The molecule has 1 aromatic carbocycles. The number of oxime groups is 1. The molecule has 30 heavy (non-hydrogen) atoms. The molecule has 0 saturated heterocycles. The van der Waals surface area contributed by atoms with Gasteiger partial charge in [-0.05, 0) is 18.2 Å². The predicted octanol–water partition coefficient (Wildman–Crippen LogP) is 3.52. The highest BCUT2D eigenvalue weighted by Crippen LogP contribution is 2.29. The number of aromatic nitrogens is 6. The fourth-order valence-electron chi connectivity index (χ4n) is 3.47. The molecule has 0 aliphatic heterocycles. The van der Waals surface area contributed by atoms with Crippen molar-refractivity contribution in [2.45, 2.75) is 6.61 Å². The summed E-state index contributed by atoms with van der Waals surface area (Å²) in [5, 5.41) is 20.0. The first kappa shape index (κ1) is 18.0. The Labute approximate surface area is 170 Å². The van der Waals surface area contributed by atoms with E-state index in [-0.39, 0.29) is 0 Å². The molecule has 9 heteroatoms. The second-order valence-electron chi connectivity index (χ2n) is 6.78. The predicted molar refractivity (Wildman–Crippen MR) is 112 cm³/mol. The van der Waals surface area contributed by atoms with E-state index in [1.54, 1.807) is 25.7 Å². The average Bonchev–Trinajstić information content (AvgIpc) is 3.38. The minimum absolute atomic E-state index is 0.484. The molecular formula is C21H17N7O2. The molecule has 4 heterocycles. The van der Waals surface area contributed by atoms with Gasteiger partial charge in [-0.15, -0.1) is 0 Å². The minimum atomic E-state index is 0.484. The Morgan fingerprint density at radius 3 is 2.93 bits per heavy atom. The van der Waals surface area contributed by atoms with Gasteiger partial charge in [0.15, 0.2) is 11.5 Å². The summed E-state index contributed by atoms with van der Waals surface area (Å²) in [7, 11) is 1.66. The lowest BCUT2D eigenvalue weighted by Crippen LogP contribution is -1.89. The van der Waals surface area contributed by atoms with Crippen molar-refractivity contribution in [3.05, 3.63) is 60.0 Å². The van der Waals surface area contributed by atoms with E-state index in [4.69, 9.17) is 14.9 Å². The van der Waals surface area contributed by atoms with Gasteiger partial charge in [-0.1, -0.05) is 17.3 Å². The number of aromatic amines is 2. The summed E-state index contributed by atoms with van der Waals surface area (Å²) in [5.41, 5.74) is 6.53. The molecule has 0 atom stereocenters. The molecular weight excluding hydrogens is 382 g/mol. The van der Waals surface area contributed by atoms with Crippen molar-refractivity contribution in [3.63, 3.8) is 0 Å². The quantitative estimate of drug-likeness (QED) is 0.236. The maximum atomic E-state index is 8.77. The van der Waals surface area contributed by atoms with Crippen LogP contribution in [0.15, 0.2) is 54.1 Å². The molecule has 0 aliphatic rings. The van der Waals surface area contributed by atoms with E-state index in [0.717, 1.165) is 38.8 Å². The fraction of sp³-hybridized carbons (Fsp3) is 0.0952. The van der Waals surface area contributed by atoms with E-state index >= 15 is 0 Å². The normalized spacial score (nSPS) is 11.8. The number of nitrogens with zero attached hydrogens (tertiary/aromatic N) is 5. The van der Waals surface area contributed by atoms with Crippen molar-refractivity contribution >= 4 is 28.3 Å². The van der Waals surface area contributed by atoms with Crippen molar-refractivity contribution in [1.82, 2.24) is 30.1 Å². The van der Waals surface area contributed by atoms with Gasteiger partial charge in [0.1, 0.15) is 5.69 Å². The summed E-state index contributed by atoms with van der Waals surface area (Å²) >= 11 is 0. The van der Waals surface area contributed by atoms with E-state index in [0.29, 0.717) is 23.6 Å². The van der Waals surface area contributed by atoms with Crippen LogP contribution >= 0.6 is 0 Å². The molecule has 5 rings (SSSR count). The number of H-pyrrole nitrogens is 2. The zero-order valence-corrected chi connectivity index (χ0v) is 16.0. The third kappa shape index (κ3) is 3.07. The van der Waals surface area contributed by atoms with Crippen molar-refractivity contribution in [1.29, 1.82) is 0 Å². The van der Waals surface area contributed by atoms with Gasteiger partial charge in [-0.3, -0.25) is 10.1 Å². The minimum Gasteiger partial charge on any atom is -0.411 e. The van der Waals surface area contributed by atoms with Crippen molar-refractivity contribution in [2.75, 3.05) is 7.11 Å². The number of ether oxygens (including phenoxy) is 1. The van der Waals surface area contributed by atoms with Gasteiger partial charge in [0.25, 0.3) is 0 Å². The highest BCUT2D eigenvalue weighted by atomic mass is 16.5. The number of pyridine rings is 2. The summed E-state index contributed by atoms with van der Waals surface area (Å²) in [6, 6.07) is 9.80. The number of rotatable bonds is 5. The average molecular weight is 399 g/mol. The first-order valence-corrected chi connectivity index (χ1v) is 9.20. The van der Waals surface area contributed by atoms with E-state index in [1.165, 1.54) is 6.21 Å². The number of hydrogen-bond donors (Lipinski definition) is 3. The first-order valence-electron chi connectivity index (χ1n) is 9.20. The number of nitrogens with one attached hydrogen (secondary N) is 2. The van der Waals surface area contributed by atoms with Crippen LogP contribution in [0.25, 0.3) is 44.7 Å². The highest BCUT2D eigenvalue weighted by molar-refractivity contribution is 5.94. The van der Waals surface area contributed by atoms with Crippen LogP contribution in [0.5, 0.6) is 0 Å². The Kier molecular flexibility index (Phi) is 4.41. The van der Waals surface area contributed by atoms with Crippen LogP contribution in [0, 0.1) is 0 Å². The molecule has 4 aromatic heterocycles. The largest absolute Gasteiger partial charge is 0.411 e. The van der Waals surface area contributed by atoms with E-state index in [9.17, 15) is 0 Å². The Hall–Kier alpha value is -4.11. The van der Waals surface area contributed by atoms with Crippen LogP contribution in [-0.2, 0) is 11.3 Å².